The molecule has 3 aliphatic carbocycles. The molecule has 1 aliphatic heterocycles. The first-order valence-corrected chi connectivity index (χ1v) is 11.0. The highest BCUT2D eigenvalue weighted by Crippen LogP contribution is 2.47. The van der Waals surface area contributed by atoms with Gasteiger partial charge in [-0.15, -0.1) is 11.3 Å². The molecule has 0 aromatic carbocycles. The molecule has 0 radical (unpaired) electrons. The van der Waals surface area contributed by atoms with Crippen molar-refractivity contribution in [2.45, 2.75) is 52.1 Å². The average molecular weight is 413 g/mol. The molecule has 0 amide bonds. The lowest BCUT2D eigenvalue weighted by molar-refractivity contribution is -0.134. The highest BCUT2D eigenvalue weighted by molar-refractivity contribution is 7.12. The second kappa shape index (κ2) is 7.22. The van der Waals surface area contributed by atoms with E-state index in [0.29, 0.717) is 30.3 Å². The summed E-state index contributed by atoms with van der Waals surface area (Å²) in [5.74, 6) is -0.326. The van der Waals surface area contributed by atoms with Crippen LogP contribution in [0.25, 0.3) is 11.5 Å². The van der Waals surface area contributed by atoms with E-state index < -0.39 is 5.97 Å². The molecule has 2 bridgehead atoms. The number of Topliss-reactive ketones (excluding diaryl/α,β-unsaturated/α-hetero) is 1. The van der Waals surface area contributed by atoms with Gasteiger partial charge in [-0.05, 0) is 56.4 Å². The lowest BCUT2D eigenvalue weighted by atomic mass is 9.65. The molecule has 1 N–H and O–H groups in total. The largest absolute Gasteiger partial charge is 0.478 e. The predicted octanol–water partition coefficient (Wildman–Crippen LogP) is 4.10. The van der Waals surface area contributed by atoms with Gasteiger partial charge < -0.3 is 14.3 Å². The van der Waals surface area contributed by atoms with Crippen molar-refractivity contribution in [1.29, 1.82) is 0 Å². The van der Waals surface area contributed by atoms with Gasteiger partial charge in [0.05, 0.1) is 24.5 Å². The van der Waals surface area contributed by atoms with Crippen molar-refractivity contribution < 1.29 is 23.8 Å². The van der Waals surface area contributed by atoms with Crippen molar-refractivity contribution in [3.8, 4) is 11.5 Å². The van der Waals surface area contributed by atoms with Crippen LogP contribution in [0.3, 0.4) is 0 Å². The average Bonchev–Trinajstić information content (AvgIpc) is 3.30. The molecular weight excluding hydrogens is 390 g/mol. The van der Waals surface area contributed by atoms with Crippen LogP contribution in [-0.2, 0) is 33.8 Å². The van der Waals surface area contributed by atoms with E-state index in [0.717, 1.165) is 58.7 Å². The number of oxazole rings is 1. The number of aliphatic carboxylic acids is 1. The molecule has 152 valence electrons. The van der Waals surface area contributed by atoms with Crippen LogP contribution in [0.5, 0.6) is 0 Å². The van der Waals surface area contributed by atoms with Gasteiger partial charge in [0.1, 0.15) is 6.26 Å². The van der Waals surface area contributed by atoms with Crippen LogP contribution in [0.15, 0.2) is 21.8 Å². The number of nitrogens with zero attached hydrogens (tertiary/aromatic N) is 1. The Morgan fingerprint density at radius 1 is 1.21 bits per heavy atom. The number of thiophene rings is 1. The Morgan fingerprint density at radius 2 is 1.93 bits per heavy atom. The molecular formula is C22H23NO5S. The van der Waals surface area contributed by atoms with E-state index in [-0.39, 0.29) is 24.0 Å². The van der Waals surface area contributed by atoms with Gasteiger partial charge in [0.2, 0.25) is 5.89 Å². The van der Waals surface area contributed by atoms with E-state index in [4.69, 9.17) is 9.15 Å². The summed E-state index contributed by atoms with van der Waals surface area (Å²) in [6.07, 6.45) is 6.19. The van der Waals surface area contributed by atoms with Gasteiger partial charge in [-0.25, -0.2) is 9.78 Å². The summed E-state index contributed by atoms with van der Waals surface area (Å²) in [7, 11) is 0. The summed E-state index contributed by atoms with van der Waals surface area (Å²) < 4.78 is 11.3. The maximum atomic E-state index is 13.4. The predicted molar refractivity (Wildman–Crippen MR) is 107 cm³/mol. The van der Waals surface area contributed by atoms with Crippen LogP contribution >= 0.6 is 11.3 Å². The SMILES string of the molecule is Cc1coc(-c2c(CC(=O)C3=C(C(=O)O)C4CCC3CC4)sc3c2CCOC3)n1. The van der Waals surface area contributed by atoms with E-state index in [2.05, 4.69) is 4.98 Å². The minimum atomic E-state index is -0.926. The van der Waals surface area contributed by atoms with E-state index >= 15 is 0 Å². The first kappa shape index (κ1) is 18.8. The minimum absolute atomic E-state index is 0.0234. The van der Waals surface area contributed by atoms with Crippen molar-refractivity contribution in [3.05, 3.63) is 38.4 Å². The van der Waals surface area contributed by atoms with Gasteiger partial charge in [-0.3, -0.25) is 4.79 Å². The molecule has 7 heteroatoms. The van der Waals surface area contributed by atoms with Crippen LogP contribution in [0.1, 0.15) is 46.7 Å². The topological polar surface area (TPSA) is 89.6 Å². The molecule has 0 spiro atoms. The van der Waals surface area contributed by atoms with Crippen LogP contribution in [0.4, 0.5) is 0 Å². The summed E-state index contributed by atoms with van der Waals surface area (Å²) in [5.41, 5.74) is 3.80. The third-order valence-corrected chi connectivity index (χ3v) is 7.62. The number of hydrogen-bond acceptors (Lipinski definition) is 6. The molecule has 29 heavy (non-hydrogen) atoms. The highest BCUT2D eigenvalue weighted by Gasteiger charge is 2.41. The van der Waals surface area contributed by atoms with Crippen LogP contribution in [-0.4, -0.2) is 28.4 Å². The van der Waals surface area contributed by atoms with E-state index in [1.165, 1.54) is 0 Å². The quantitative estimate of drug-likeness (QED) is 0.794. The highest BCUT2D eigenvalue weighted by atomic mass is 32.1. The summed E-state index contributed by atoms with van der Waals surface area (Å²) in [5, 5.41) is 9.76. The van der Waals surface area contributed by atoms with Gasteiger partial charge in [0.25, 0.3) is 0 Å². The summed E-state index contributed by atoms with van der Waals surface area (Å²) in [4.78, 5) is 31.8. The Labute approximate surface area is 172 Å². The van der Waals surface area contributed by atoms with Crippen molar-refractivity contribution >= 4 is 23.1 Å². The van der Waals surface area contributed by atoms with Crippen molar-refractivity contribution in [3.63, 3.8) is 0 Å². The fourth-order valence-electron chi connectivity index (χ4n) is 5.15. The number of ketones is 1. The Bertz CT molecular complexity index is 1020. The third kappa shape index (κ3) is 3.16. The normalized spacial score (nSPS) is 23.3. The first-order valence-electron chi connectivity index (χ1n) is 10.2. The molecule has 0 saturated heterocycles. The Kier molecular flexibility index (Phi) is 4.67. The number of hydrogen-bond donors (Lipinski definition) is 1. The smallest absolute Gasteiger partial charge is 0.332 e. The van der Waals surface area contributed by atoms with Crippen LogP contribution < -0.4 is 0 Å². The Balaban J connectivity index is 1.55. The van der Waals surface area contributed by atoms with Crippen molar-refractivity contribution in [2.75, 3.05) is 6.61 Å². The monoisotopic (exact) mass is 413 g/mol. The molecule has 1 saturated carbocycles. The van der Waals surface area contributed by atoms with Gasteiger partial charge >= 0.3 is 5.97 Å². The van der Waals surface area contributed by atoms with Gasteiger partial charge in [0, 0.05) is 27.3 Å². The maximum absolute atomic E-state index is 13.4. The molecule has 0 unspecified atom stereocenters. The van der Waals surface area contributed by atoms with Crippen LogP contribution in [0, 0.1) is 18.8 Å². The maximum Gasteiger partial charge on any atom is 0.332 e. The van der Waals surface area contributed by atoms with E-state index in [9.17, 15) is 14.7 Å². The standard InChI is InChI=1S/C22H23NO5S/c1-11-9-28-21(23-11)20-14-6-7-27-10-17(14)29-16(20)8-15(24)18-12-2-4-13(5-3-12)19(18)22(25)26/h9,12-13H,2-8,10H2,1H3,(H,25,26). The number of carbonyl (C=O) groups is 2. The number of fused-ring (bicyclic) bond motifs is 3. The third-order valence-electron chi connectivity index (χ3n) is 6.41. The molecule has 1 fully saturated rings. The van der Waals surface area contributed by atoms with E-state index in [1.807, 2.05) is 6.92 Å². The molecule has 2 aromatic heterocycles. The lowest BCUT2D eigenvalue weighted by Crippen LogP contribution is -2.34. The summed E-state index contributed by atoms with van der Waals surface area (Å²) >= 11 is 1.57. The lowest BCUT2D eigenvalue weighted by Gasteiger charge is -2.38. The fourth-order valence-corrected chi connectivity index (χ4v) is 6.43. The number of ether oxygens (including phenoxy) is 1. The summed E-state index contributed by atoms with van der Waals surface area (Å²) in [6, 6.07) is 0. The molecule has 3 heterocycles. The minimum Gasteiger partial charge on any atom is -0.478 e. The molecule has 6 nitrogen and oxygen atoms in total. The first-order chi connectivity index (χ1) is 14.0. The molecule has 2 aromatic rings. The molecule has 4 aliphatic rings. The molecule has 0 atom stereocenters. The van der Waals surface area contributed by atoms with Gasteiger partial charge in [-0.2, -0.15) is 0 Å². The number of aromatic nitrogens is 1. The number of carbonyl (C=O) groups excluding carboxylic acids is 1. The number of rotatable bonds is 5. The van der Waals surface area contributed by atoms with Gasteiger partial charge in [-0.1, -0.05) is 0 Å². The van der Waals surface area contributed by atoms with Gasteiger partial charge in [0.15, 0.2) is 5.78 Å². The zero-order valence-electron chi connectivity index (χ0n) is 16.3. The zero-order valence-corrected chi connectivity index (χ0v) is 17.1. The number of aryl methyl sites for hydroxylation is 1. The van der Waals surface area contributed by atoms with Crippen molar-refractivity contribution in [2.24, 2.45) is 11.8 Å². The Hall–Kier alpha value is -2.25. The summed E-state index contributed by atoms with van der Waals surface area (Å²) in [6.45, 7) is 3.05. The number of carboxylic acids is 1. The molecule has 6 rings (SSSR count). The number of allylic oxidation sites excluding steroid dienone is 1. The second-order valence-corrected chi connectivity index (χ2v) is 9.37. The Morgan fingerprint density at radius 3 is 2.59 bits per heavy atom. The van der Waals surface area contributed by atoms with Crippen molar-refractivity contribution in [1.82, 2.24) is 4.98 Å². The second-order valence-electron chi connectivity index (χ2n) is 8.18. The van der Waals surface area contributed by atoms with Crippen LogP contribution in [0.2, 0.25) is 0 Å². The van der Waals surface area contributed by atoms with E-state index in [1.54, 1.807) is 17.6 Å². The fraction of sp³-hybridized carbons (Fsp3) is 0.500. The number of carboxylic acid groups (broad SMARTS) is 1. The zero-order chi connectivity index (χ0) is 20.1.